The maximum atomic E-state index is 12.4. The van der Waals surface area contributed by atoms with Gasteiger partial charge in [-0.1, -0.05) is 67.2 Å². The molecule has 0 bridgehead atoms. The summed E-state index contributed by atoms with van der Waals surface area (Å²) < 4.78 is 7.81. The number of benzene rings is 5. The van der Waals surface area contributed by atoms with E-state index in [0.717, 1.165) is 55.6 Å². The Morgan fingerprint density at radius 3 is 1.90 bits per heavy atom. The van der Waals surface area contributed by atoms with Crippen molar-refractivity contribution < 1.29 is 30.6 Å². The Kier molecular flexibility index (Phi) is 10.8. The van der Waals surface area contributed by atoms with Gasteiger partial charge in [0.2, 0.25) is 0 Å². The minimum Gasteiger partial charge on any atom is 0 e. The summed E-state index contributed by atoms with van der Waals surface area (Å²) in [4.78, 5) is 20.9. The predicted octanol–water partition coefficient (Wildman–Crippen LogP) is 10.5. The van der Waals surface area contributed by atoms with Crippen molar-refractivity contribution in [3.8, 4) is 39.5 Å². The summed E-state index contributed by atoms with van der Waals surface area (Å²) in [6.45, 7) is 19.8. The molecule has 0 atom stereocenters. The summed E-state index contributed by atoms with van der Waals surface area (Å²) in [7, 11) is -2.59. The molecule has 318 valence electrons. The van der Waals surface area contributed by atoms with E-state index in [0.29, 0.717) is 22.6 Å². The van der Waals surface area contributed by atoms with Crippen LogP contribution in [-0.2, 0) is 37.3 Å². The molecule has 3 heterocycles. The van der Waals surface area contributed by atoms with Crippen molar-refractivity contribution in [3.05, 3.63) is 138 Å². The average molecular weight is 1080 g/mol. The molecule has 0 saturated heterocycles. The second-order valence-electron chi connectivity index (χ2n) is 20.7. The molecule has 3 aromatic heterocycles. The molecule has 6 nitrogen and oxygen atoms in total. The van der Waals surface area contributed by atoms with Gasteiger partial charge in [-0.3, -0.25) is 0 Å². The zero-order valence-corrected chi connectivity index (χ0v) is 43.2. The zero-order valence-electron chi connectivity index (χ0n) is 37.9. The van der Waals surface area contributed by atoms with Crippen LogP contribution in [0.15, 0.2) is 114 Å². The van der Waals surface area contributed by atoms with Crippen molar-refractivity contribution >= 4 is 63.4 Å². The van der Waals surface area contributed by atoms with Crippen LogP contribution in [0.2, 0.25) is 23.8 Å². The van der Waals surface area contributed by atoms with Gasteiger partial charge >= 0.3 is 288 Å². The molecule has 1 aliphatic rings. The van der Waals surface area contributed by atoms with Gasteiger partial charge in [0.05, 0.1) is 0 Å². The van der Waals surface area contributed by atoms with Crippen molar-refractivity contribution in [1.82, 2.24) is 19.9 Å². The largest absolute Gasteiger partial charge is 0 e. The third-order valence-electron chi connectivity index (χ3n) is 12.8. The monoisotopic (exact) mass is 1080 g/mol. The first kappa shape index (κ1) is 43.9. The van der Waals surface area contributed by atoms with E-state index in [1.807, 2.05) is 12.3 Å². The average Bonchev–Trinajstić information content (AvgIpc) is 3.68. The van der Waals surface area contributed by atoms with Crippen LogP contribution in [-0.4, -0.2) is 46.4 Å². The van der Waals surface area contributed by atoms with Crippen LogP contribution in [0.5, 0.6) is 5.75 Å². The van der Waals surface area contributed by atoms with E-state index in [9.17, 15) is 5.11 Å². The molecule has 8 aromatic rings. The van der Waals surface area contributed by atoms with Crippen molar-refractivity contribution in [3.63, 3.8) is 0 Å². The third kappa shape index (κ3) is 7.32. The standard InChI is InChI=1S/C53H55GeN4O2Si.Pt/c1-51(2,3)35-26-32(41-23-24-55-50(57-41)61(12,37-19-15-13-16-20-37)38-21-17-14-18-22-38)25-33(27-35)42-29-34-28-36(54(9,10)11)30-39-44(34)47(56-42)45-40(53(39,7)8)31-43-46(48(45)59)58-49(60-43)52(4,5)6;/h13-24,26-31,59H,1-12H3;/q-1;. The first-order chi connectivity index (χ1) is 28.7. The summed E-state index contributed by atoms with van der Waals surface area (Å²) in [5, 5.41) is 17.1. The van der Waals surface area contributed by atoms with Gasteiger partial charge in [0, 0.05) is 21.1 Å². The fourth-order valence-electron chi connectivity index (χ4n) is 8.89. The number of hydrogen-bond acceptors (Lipinski definition) is 6. The second-order valence-corrected chi connectivity index (χ2v) is 35.2. The van der Waals surface area contributed by atoms with Gasteiger partial charge in [0.25, 0.3) is 0 Å². The van der Waals surface area contributed by atoms with Crippen molar-refractivity contribution in [2.24, 2.45) is 0 Å². The molecule has 5 aromatic carbocycles. The number of rotatable bonds is 6. The molecule has 0 saturated carbocycles. The predicted molar refractivity (Wildman–Crippen MR) is 258 cm³/mol. The number of hydrogen-bond donors (Lipinski definition) is 1. The summed E-state index contributed by atoms with van der Waals surface area (Å²) >= 11 is -2.37. The molecule has 0 aliphatic heterocycles. The van der Waals surface area contributed by atoms with Crippen LogP contribution >= 0.6 is 0 Å². The molecule has 0 fully saturated rings. The van der Waals surface area contributed by atoms with Crippen molar-refractivity contribution in [2.45, 2.75) is 95.5 Å². The van der Waals surface area contributed by atoms with Crippen LogP contribution in [0.3, 0.4) is 0 Å². The van der Waals surface area contributed by atoms with E-state index in [1.165, 1.54) is 20.3 Å². The molecule has 0 radical (unpaired) electrons. The summed E-state index contributed by atoms with van der Waals surface area (Å²) in [5.41, 5.74) is 9.17. The quantitative estimate of drug-likeness (QED) is 0.132. The Morgan fingerprint density at radius 1 is 0.710 bits per heavy atom. The van der Waals surface area contributed by atoms with E-state index in [1.54, 1.807) is 0 Å². The summed E-state index contributed by atoms with van der Waals surface area (Å²) in [5.74, 6) is 8.05. The fourth-order valence-corrected chi connectivity index (χ4v) is 14.6. The van der Waals surface area contributed by atoms with Gasteiger partial charge in [-0.2, -0.15) is 0 Å². The smallest absolute Gasteiger partial charge is 0 e. The number of aromatic hydroxyl groups is 1. The Bertz CT molecular complexity index is 2990. The topological polar surface area (TPSA) is 84.9 Å². The second kappa shape index (κ2) is 15.2. The Balaban J connectivity index is 0.00000529. The van der Waals surface area contributed by atoms with Gasteiger partial charge in [0.1, 0.15) is 0 Å². The number of pyridine rings is 1. The Labute approximate surface area is 384 Å². The van der Waals surface area contributed by atoms with Gasteiger partial charge in [0.15, 0.2) is 0 Å². The molecule has 62 heavy (non-hydrogen) atoms. The number of fused-ring (bicyclic) bond motifs is 3. The van der Waals surface area contributed by atoms with Crippen molar-refractivity contribution in [2.75, 3.05) is 0 Å². The van der Waals surface area contributed by atoms with Crippen LogP contribution in [0, 0.1) is 6.07 Å². The Hall–Kier alpha value is -4.69. The minimum absolute atomic E-state index is 0. The van der Waals surface area contributed by atoms with Crippen LogP contribution in [0.4, 0.5) is 0 Å². The molecule has 0 unspecified atom stereocenters. The van der Waals surface area contributed by atoms with Crippen LogP contribution < -0.4 is 20.2 Å². The van der Waals surface area contributed by atoms with Crippen molar-refractivity contribution in [1.29, 1.82) is 0 Å². The van der Waals surface area contributed by atoms with E-state index in [4.69, 9.17) is 24.4 Å². The van der Waals surface area contributed by atoms with E-state index < -0.39 is 26.8 Å². The number of oxazole rings is 1. The molecule has 9 rings (SSSR count). The first-order valence-corrected chi connectivity index (χ1v) is 31.2. The van der Waals surface area contributed by atoms with Gasteiger partial charge in [-0.15, -0.1) is 0 Å². The number of phenolic OH excluding ortho intramolecular Hbond substituents is 1. The van der Waals surface area contributed by atoms with Crippen LogP contribution in [0.1, 0.15) is 78.0 Å². The molecule has 1 N–H and O–H groups in total. The summed E-state index contributed by atoms with van der Waals surface area (Å²) in [6.07, 6.45) is 1.91. The molecule has 1 aliphatic carbocycles. The van der Waals surface area contributed by atoms with E-state index >= 15 is 0 Å². The van der Waals surface area contributed by atoms with E-state index in [-0.39, 0.29) is 37.6 Å². The maximum Gasteiger partial charge on any atom is 0 e. The molecule has 0 spiro atoms. The van der Waals surface area contributed by atoms with Gasteiger partial charge in [-0.05, 0) is 10.4 Å². The molecular formula is C53H55GeN4O2PtSi-. The number of phenols is 1. The zero-order chi connectivity index (χ0) is 43.4. The number of nitrogens with zero attached hydrogens (tertiary/aromatic N) is 4. The van der Waals surface area contributed by atoms with Crippen LogP contribution in [0.25, 0.3) is 55.6 Å². The van der Waals surface area contributed by atoms with Gasteiger partial charge in [-0.25, -0.2) is 0 Å². The maximum absolute atomic E-state index is 12.4. The molecular weight excluding hydrogens is 1020 g/mol. The van der Waals surface area contributed by atoms with Gasteiger partial charge < -0.3 is 0 Å². The normalized spacial score (nSPS) is 13.9. The Morgan fingerprint density at radius 2 is 1.32 bits per heavy atom. The SMILES string of the molecule is CC(C)(C)c1cc(-c2ccnc([Si](C)(c3ccccc3)c3ccccc3)n2)[c-]c(-c2cc3c[c]([Ge]([CH3])([CH3])[CH3])cc4c3c(n2)-c2c(cc3oc(C(C)(C)C)nc3c2O)C4(C)C)c1.[Pt]. The first-order valence-electron chi connectivity index (χ1n) is 21.4. The fraction of sp³-hybridized carbons (Fsp3) is 0.283. The minimum atomic E-state index is -2.59. The molecule has 0 amide bonds. The summed E-state index contributed by atoms with van der Waals surface area (Å²) in [6, 6.07) is 40.9. The molecule has 9 heteroatoms. The third-order valence-corrected chi connectivity index (χ3v) is 21.1. The number of aromatic nitrogens is 4. The van der Waals surface area contributed by atoms with E-state index in [2.05, 4.69) is 182 Å².